The molecule has 200 valence electrons. The lowest BCUT2D eigenvalue weighted by Gasteiger charge is -2.15. The maximum Gasteiger partial charge on any atom is 0.389 e. The number of halogens is 4. The number of alkyl halides is 3. The minimum absolute atomic E-state index is 0.0953. The van der Waals surface area contributed by atoms with Crippen LogP contribution in [0.2, 0.25) is 0 Å². The zero-order valence-corrected chi connectivity index (χ0v) is 20.9. The summed E-state index contributed by atoms with van der Waals surface area (Å²) in [6, 6.07) is 9.30. The zero-order valence-electron chi connectivity index (χ0n) is 20.9. The largest absolute Gasteiger partial charge is 0.389 e. The Kier molecular flexibility index (Phi) is 7.94. The van der Waals surface area contributed by atoms with E-state index in [0.717, 1.165) is 29.7 Å². The monoisotopic (exact) mass is 529 g/mol. The van der Waals surface area contributed by atoms with Crippen molar-refractivity contribution in [2.24, 2.45) is 0 Å². The fourth-order valence-electron chi connectivity index (χ4n) is 4.02. The molecule has 3 N–H and O–H groups in total. The summed E-state index contributed by atoms with van der Waals surface area (Å²) in [5, 5.41) is 7.38. The van der Waals surface area contributed by atoms with Crippen molar-refractivity contribution in [1.29, 1.82) is 0 Å². The van der Waals surface area contributed by atoms with E-state index < -0.39 is 24.4 Å². The Balaban J connectivity index is 1.62. The summed E-state index contributed by atoms with van der Waals surface area (Å²) in [5.74, 6) is -0.212. The molecular formula is C27H27F4N5O2. The van der Waals surface area contributed by atoms with Gasteiger partial charge in [-0.05, 0) is 79.3 Å². The fraction of sp³-hybridized carbons (Fsp3) is 0.333. The summed E-state index contributed by atoms with van der Waals surface area (Å²) in [7, 11) is 0. The second kappa shape index (κ2) is 11.2. The number of urea groups is 1. The standard InChI is InChI=1S/C27H27F4N5O2/c1-15-10-21(28)24(36-26(38)33-8-3-7-27(29,30)31)14-20(15)19-11-22(17-4-5-17)35-23(12-19)18-6-9-32-25(13-18)34-16(2)37/h6,9-14,17H,3-5,7-8H2,1-2H3,(H,32,34,37)(H2,33,36,38). The summed E-state index contributed by atoms with van der Waals surface area (Å²) >= 11 is 0. The van der Waals surface area contributed by atoms with Gasteiger partial charge in [0.25, 0.3) is 0 Å². The van der Waals surface area contributed by atoms with Crippen molar-refractivity contribution in [3.05, 3.63) is 59.7 Å². The normalized spacial score (nSPS) is 13.2. The molecule has 1 aromatic carbocycles. The number of aromatic nitrogens is 2. The molecule has 1 aliphatic carbocycles. The SMILES string of the molecule is CC(=O)Nc1cc(-c2cc(-c3cc(NC(=O)NCCCC(F)(F)F)c(F)cc3C)cc(C3CC3)n2)ccn1. The predicted molar refractivity (Wildman–Crippen MR) is 136 cm³/mol. The average Bonchev–Trinajstić information content (AvgIpc) is 3.68. The molecule has 2 aromatic heterocycles. The molecule has 1 fully saturated rings. The molecule has 0 spiro atoms. The lowest BCUT2D eigenvalue weighted by molar-refractivity contribution is -0.135. The van der Waals surface area contributed by atoms with Gasteiger partial charge in [0, 0.05) is 43.3 Å². The predicted octanol–water partition coefficient (Wildman–Crippen LogP) is 6.56. The van der Waals surface area contributed by atoms with E-state index in [-0.39, 0.29) is 24.6 Å². The van der Waals surface area contributed by atoms with Crippen LogP contribution >= 0.6 is 0 Å². The number of pyridine rings is 2. The third-order valence-corrected chi connectivity index (χ3v) is 6.00. The first-order chi connectivity index (χ1) is 18.0. The number of benzene rings is 1. The molecule has 0 saturated heterocycles. The maximum atomic E-state index is 14.7. The lowest BCUT2D eigenvalue weighted by atomic mass is 9.97. The van der Waals surface area contributed by atoms with Gasteiger partial charge in [-0.25, -0.2) is 14.2 Å². The van der Waals surface area contributed by atoms with Crippen LogP contribution in [0.25, 0.3) is 22.4 Å². The molecular weight excluding hydrogens is 502 g/mol. The molecule has 0 atom stereocenters. The highest BCUT2D eigenvalue weighted by molar-refractivity contribution is 5.91. The summed E-state index contributed by atoms with van der Waals surface area (Å²) in [6.45, 7) is 2.94. The highest BCUT2D eigenvalue weighted by Gasteiger charge is 2.27. The van der Waals surface area contributed by atoms with Crippen LogP contribution in [0.5, 0.6) is 0 Å². The number of hydrogen-bond acceptors (Lipinski definition) is 4. The smallest absolute Gasteiger partial charge is 0.338 e. The minimum Gasteiger partial charge on any atom is -0.338 e. The quantitative estimate of drug-likeness (QED) is 0.228. The molecule has 0 bridgehead atoms. The number of amides is 3. The van der Waals surface area contributed by atoms with Crippen molar-refractivity contribution >= 4 is 23.4 Å². The van der Waals surface area contributed by atoms with E-state index in [1.165, 1.54) is 19.1 Å². The van der Waals surface area contributed by atoms with Crippen LogP contribution in [-0.4, -0.2) is 34.6 Å². The third kappa shape index (κ3) is 7.27. The highest BCUT2D eigenvalue weighted by Crippen LogP contribution is 2.42. The van der Waals surface area contributed by atoms with Crippen LogP contribution in [-0.2, 0) is 4.79 Å². The number of nitrogens with one attached hydrogen (secondary N) is 3. The Morgan fingerprint density at radius 1 is 1.05 bits per heavy atom. The van der Waals surface area contributed by atoms with Crippen molar-refractivity contribution in [2.75, 3.05) is 17.2 Å². The van der Waals surface area contributed by atoms with Crippen molar-refractivity contribution in [1.82, 2.24) is 15.3 Å². The van der Waals surface area contributed by atoms with Crippen molar-refractivity contribution in [3.8, 4) is 22.4 Å². The minimum atomic E-state index is -4.30. The van der Waals surface area contributed by atoms with Gasteiger partial charge in [0.05, 0.1) is 11.4 Å². The number of rotatable bonds is 8. The van der Waals surface area contributed by atoms with E-state index in [0.29, 0.717) is 28.6 Å². The molecule has 11 heteroatoms. The van der Waals surface area contributed by atoms with E-state index >= 15 is 0 Å². The first-order valence-electron chi connectivity index (χ1n) is 12.2. The maximum absolute atomic E-state index is 14.7. The molecule has 38 heavy (non-hydrogen) atoms. The first-order valence-corrected chi connectivity index (χ1v) is 12.2. The van der Waals surface area contributed by atoms with Gasteiger partial charge in [0.2, 0.25) is 5.91 Å². The third-order valence-electron chi connectivity index (χ3n) is 6.00. The molecule has 4 rings (SSSR count). The van der Waals surface area contributed by atoms with Gasteiger partial charge in [-0.15, -0.1) is 0 Å². The van der Waals surface area contributed by atoms with E-state index in [4.69, 9.17) is 4.98 Å². The van der Waals surface area contributed by atoms with E-state index in [9.17, 15) is 27.2 Å². The van der Waals surface area contributed by atoms with Crippen LogP contribution in [0.1, 0.15) is 49.8 Å². The Morgan fingerprint density at radius 2 is 1.82 bits per heavy atom. The van der Waals surface area contributed by atoms with E-state index in [1.54, 1.807) is 25.3 Å². The van der Waals surface area contributed by atoms with Gasteiger partial charge < -0.3 is 16.0 Å². The van der Waals surface area contributed by atoms with E-state index in [1.807, 2.05) is 12.1 Å². The van der Waals surface area contributed by atoms with Crippen molar-refractivity contribution < 1.29 is 27.2 Å². The molecule has 2 heterocycles. The molecule has 3 aromatic rings. The van der Waals surface area contributed by atoms with Gasteiger partial charge in [0.1, 0.15) is 11.6 Å². The van der Waals surface area contributed by atoms with Gasteiger partial charge in [-0.2, -0.15) is 13.2 Å². The van der Waals surface area contributed by atoms with Crippen LogP contribution < -0.4 is 16.0 Å². The lowest BCUT2D eigenvalue weighted by Crippen LogP contribution is -2.30. The number of carbonyl (C=O) groups excluding carboxylic acids is 2. The van der Waals surface area contributed by atoms with Crippen LogP contribution in [0.4, 0.5) is 33.9 Å². The molecule has 3 amide bonds. The summed E-state index contributed by atoms with van der Waals surface area (Å²) < 4.78 is 51.6. The topological polar surface area (TPSA) is 96.0 Å². The van der Waals surface area contributed by atoms with Crippen LogP contribution in [0.15, 0.2) is 42.6 Å². The van der Waals surface area contributed by atoms with Gasteiger partial charge in [0.15, 0.2) is 0 Å². The van der Waals surface area contributed by atoms with Gasteiger partial charge in [-0.1, -0.05) is 0 Å². The molecule has 1 aliphatic rings. The number of aryl methyl sites for hydroxylation is 1. The summed E-state index contributed by atoms with van der Waals surface area (Å²) in [6.07, 6.45) is -2.01. The molecule has 1 saturated carbocycles. The Labute approximate surface area is 217 Å². The summed E-state index contributed by atoms with van der Waals surface area (Å²) in [5.41, 5.74) is 4.24. The van der Waals surface area contributed by atoms with Crippen molar-refractivity contribution in [3.63, 3.8) is 0 Å². The Hall–Kier alpha value is -4.02. The number of hydrogen-bond donors (Lipinski definition) is 3. The van der Waals surface area contributed by atoms with Crippen LogP contribution in [0, 0.1) is 12.7 Å². The van der Waals surface area contributed by atoms with Crippen LogP contribution in [0.3, 0.4) is 0 Å². The average molecular weight is 530 g/mol. The second-order valence-electron chi connectivity index (χ2n) is 9.30. The van der Waals surface area contributed by atoms with E-state index in [2.05, 4.69) is 20.9 Å². The second-order valence-corrected chi connectivity index (χ2v) is 9.30. The Bertz CT molecular complexity index is 1360. The zero-order chi connectivity index (χ0) is 27.4. The molecule has 0 unspecified atom stereocenters. The molecule has 0 aliphatic heterocycles. The number of nitrogens with zero attached hydrogens (tertiary/aromatic N) is 2. The Morgan fingerprint density at radius 3 is 2.50 bits per heavy atom. The first kappa shape index (κ1) is 27.0. The number of carbonyl (C=O) groups is 2. The summed E-state index contributed by atoms with van der Waals surface area (Å²) in [4.78, 5) is 32.6. The highest BCUT2D eigenvalue weighted by atomic mass is 19.4. The number of anilines is 2. The van der Waals surface area contributed by atoms with Gasteiger partial charge in [-0.3, -0.25) is 9.78 Å². The van der Waals surface area contributed by atoms with Crippen molar-refractivity contribution in [2.45, 2.75) is 51.6 Å². The van der Waals surface area contributed by atoms with Gasteiger partial charge >= 0.3 is 12.2 Å². The molecule has 7 nitrogen and oxygen atoms in total. The molecule has 0 radical (unpaired) electrons. The fourth-order valence-corrected chi connectivity index (χ4v) is 4.02.